The number of carbonyl (C=O) groups excluding carboxylic acids is 1. The van der Waals surface area contributed by atoms with Gasteiger partial charge in [0.1, 0.15) is 48.8 Å². The summed E-state index contributed by atoms with van der Waals surface area (Å²) in [6, 6.07) is -0.829. The summed E-state index contributed by atoms with van der Waals surface area (Å²) in [5, 5.41) is 86.1. The van der Waals surface area contributed by atoms with E-state index in [0.29, 0.717) is 12.8 Å². The number of allylic oxidation sites excluding steroid dienone is 4. The molecule has 2 aliphatic rings. The molecule has 316 valence electrons. The first-order valence-corrected chi connectivity index (χ1v) is 20.6. The van der Waals surface area contributed by atoms with Crippen LogP contribution in [0.25, 0.3) is 0 Å². The highest BCUT2D eigenvalue weighted by Crippen LogP contribution is 2.30. The van der Waals surface area contributed by atoms with Crippen molar-refractivity contribution in [2.75, 3.05) is 19.8 Å². The summed E-state index contributed by atoms with van der Waals surface area (Å²) in [4.78, 5) is 13.0. The molecule has 2 fully saturated rings. The van der Waals surface area contributed by atoms with E-state index in [1.54, 1.807) is 0 Å². The Morgan fingerprint density at radius 1 is 0.667 bits per heavy atom. The van der Waals surface area contributed by atoms with E-state index >= 15 is 0 Å². The maximum atomic E-state index is 13.0. The summed E-state index contributed by atoms with van der Waals surface area (Å²) in [5.74, 6) is -0.229. The number of rotatable bonds is 29. The van der Waals surface area contributed by atoms with Crippen molar-refractivity contribution in [1.29, 1.82) is 0 Å². The molecule has 1 amide bonds. The normalized spacial score (nSPS) is 30.3. The van der Waals surface area contributed by atoms with Crippen molar-refractivity contribution in [3.63, 3.8) is 0 Å². The summed E-state index contributed by atoms with van der Waals surface area (Å²) in [6.07, 6.45) is 9.39. The topological polar surface area (TPSA) is 228 Å². The smallest absolute Gasteiger partial charge is 0.220 e. The molecule has 0 aromatic carbocycles. The van der Waals surface area contributed by atoms with Crippen LogP contribution in [0.2, 0.25) is 0 Å². The molecule has 2 heterocycles. The molecule has 14 nitrogen and oxygen atoms in total. The first-order chi connectivity index (χ1) is 26.1. The molecule has 0 saturated carbocycles. The van der Waals surface area contributed by atoms with Crippen molar-refractivity contribution in [2.24, 2.45) is 0 Å². The van der Waals surface area contributed by atoms with Gasteiger partial charge >= 0.3 is 0 Å². The number of amides is 1. The van der Waals surface area contributed by atoms with Crippen molar-refractivity contribution < 1.29 is 64.6 Å². The van der Waals surface area contributed by atoms with Crippen LogP contribution in [0.3, 0.4) is 0 Å². The molecule has 0 aromatic heterocycles. The van der Waals surface area contributed by atoms with Gasteiger partial charge in [0.05, 0.1) is 32.0 Å². The first kappa shape index (κ1) is 48.6. The molecule has 14 heteroatoms. The monoisotopic (exact) mass is 776 g/mol. The lowest BCUT2D eigenvalue weighted by molar-refractivity contribution is -0.359. The lowest BCUT2D eigenvalue weighted by Crippen LogP contribution is -2.65. The average Bonchev–Trinajstić information content (AvgIpc) is 3.17. The van der Waals surface area contributed by atoms with Crippen LogP contribution < -0.4 is 5.32 Å². The minimum Gasteiger partial charge on any atom is -0.394 e. The third-order valence-electron chi connectivity index (χ3n) is 10.2. The highest BCUT2D eigenvalue weighted by atomic mass is 16.7. The van der Waals surface area contributed by atoms with E-state index in [9.17, 15) is 45.6 Å². The summed E-state index contributed by atoms with van der Waals surface area (Å²) in [7, 11) is 0. The minimum atomic E-state index is -1.78. The van der Waals surface area contributed by atoms with Crippen LogP contribution in [0.15, 0.2) is 24.3 Å². The molecule has 2 rings (SSSR count). The maximum Gasteiger partial charge on any atom is 0.220 e. The number of aliphatic hydroxyl groups is 8. The van der Waals surface area contributed by atoms with E-state index in [4.69, 9.17) is 18.9 Å². The summed E-state index contributed by atoms with van der Waals surface area (Å²) in [6.45, 7) is 2.67. The number of aliphatic hydroxyl groups excluding tert-OH is 8. The molecule has 0 aliphatic carbocycles. The third kappa shape index (κ3) is 17.7. The van der Waals surface area contributed by atoms with Gasteiger partial charge in [0.2, 0.25) is 5.91 Å². The van der Waals surface area contributed by atoms with Gasteiger partial charge in [0.25, 0.3) is 0 Å². The SMILES string of the molecule is CCC/C=C\C/C=C\CCCCCCCC(=O)NC(COC1OC(CO)C(OC2OC(CO)C(O)C(O)C2O)C(O)C1O)C(O)CCCCCCCCC. The van der Waals surface area contributed by atoms with Crippen LogP contribution in [0, 0.1) is 0 Å². The number of ether oxygens (including phenoxy) is 4. The van der Waals surface area contributed by atoms with E-state index in [1.807, 2.05) is 0 Å². The summed E-state index contributed by atoms with van der Waals surface area (Å²) < 4.78 is 22.5. The molecular weight excluding hydrogens is 702 g/mol. The number of hydrogen-bond acceptors (Lipinski definition) is 13. The Morgan fingerprint density at radius 2 is 1.26 bits per heavy atom. The Bertz CT molecular complexity index is 1010. The fourth-order valence-corrected chi connectivity index (χ4v) is 6.68. The van der Waals surface area contributed by atoms with Crippen molar-refractivity contribution in [3.05, 3.63) is 24.3 Å². The van der Waals surface area contributed by atoms with Crippen molar-refractivity contribution in [3.8, 4) is 0 Å². The fraction of sp³-hybridized carbons (Fsp3) is 0.875. The van der Waals surface area contributed by atoms with E-state index in [2.05, 4.69) is 43.5 Å². The second-order valence-corrected chi connectivity index (χ2v) is 14.8. The average molecular weight is 776 g/mol. The summed E-state index contributed by atoms with van der Waals surface area (Å²) >= 11 is 0. The molecule has 9 N–H and O–H groups in total. The molecule has 54 heavy (non-hydrogen) atoms. The van der Waals surface area contributed by atoms with Crippen LogP contribution in [0.4, 0.5) is 0 Å². The van der Waals surface area contributed by atoms with E-state index < -0.39 is 86.8 Å². The van der Waals surface area contributed by atoms with Crippen molar-refractivity contribution >= 4 is 5.91 Å². The van der Waals surface area contributed by atoms with Gasteiger partial charge in [-0.3, -0.25) is 4.79 Å². The third-order valence-corrected chi connectivity index (χ3v) is 10.2. The highest BCUT2D eigenvalue weighted by Gasteiger charge is 2.50. The van der Waals surface area contributed by atoms with Gasteiger partial charge in [-0.15, -0.1) is 0 Å². The van der Waals surface area contributed by atoms with Crippen LogP contribution in [0.1, 0.15) is 129 Å². The van der Waals surface area contributed by atoms with Gasteiger partial charge in [-0.05, 0) is 38.5 Å². The van der Waals surface area contributed by atoms with Crippen LogP contribution in [-0.4, -0.2) is 140 Å². The number of hydrogen-bond donors (Lipinski definition) is 9. The number of unbranched alkanes of at least 4 members (excludes halogenated alkanes) is 12. The number of carbonyl (C=O) groups is 1. The molecule has 0 spiro atoms. The Balaban J connectivity index is 1.91. The molecule has 12 unspecified atom stereocenters. The van der Waals surface area contributed by atoms with Gasteiger partial charge in [0.15, 0.2) is 12.6 Å². The summed E-state index contributed by atoms with van der Waals surface area (Å²) in [5.41, 5.74) is 0. The zero-order chi connectivity index (χ0) is 39.7. The van der Waals surface area contributed by atoms with Gasteiger partial charge < -0.3 is 65.1 Å². The second kappa shape index (κ2) is 28.8. The largest absolute Gasteiger partial charge is 0.394 e. The van der Waals surface area contributed by atoms with Crippen molar-refractivity contribution in [1.82, 2.24) is 5.32 Å². The molecule has 0 bridgehead atoms. The van der Waals surface area contributed by atoms with E-state index in [-0.39, 0.29) is 18.9 Å². The molecule has 2 saturated heterocycles. The van der Waals surface area contributed by atoms with Crippen molar-refractivity contribution in [2.45, 2.75) is 203 Å². The molecule has 2 aliphatic heterocycles. The predicted octanol–water partition coefficient (Wildman–Crippen LogP) is 2.65. The predicted molar refractivity (Wildman–Crippen MR) is 203 cm³/mol. The zero-order valence-corrected chi connectivity index (χ0v) is 32.7. The Morgan fingerprint density at radius 3 is 1.93 bits per heavy atom. The second-order valence-electron chi connectivity index (χ2n) is 14.8. The maximum absolute atomic E-state index is 13.0. The number of nitrogens with one attached hydrogen (secondary N) is 1. The van der Waals surface area contributed by atoms with Crippen LogP contribution >= 0.6 is 0 Å². The lowest BCUT2D eigenvalue weighted by Gasteiger charge is -2.46. The fourth-order valence-electron chi connectivity index (χ4n) is 6.68. The van der Waals surface area contributed by atoms with Gasteiger partial charge in [-0.1, -0.05) is 109 Å². The van der Waals surface area contributed by atoms with Gasteiger partial charge in [-0.2, -0.15) is 0 Å². The zero-order valence-electron chi connectivity index (χ0n) is 32.7. The molecule has 12 atom stereocenters. The highest BCUT2D eigenvalue weighted by molar-refractivity contribution is 5.76. The van der Waals surface area contributed by atoms with Gasteiger partial charge in [0, 0.05) is 6.42 Å². The standard InChI is InChI=1S/C40H73NO13/c1-3-5-7-9-11-12-13-14-15-16-18-20-22-24-32(45)41-28(29(44)23-21-19-17-10-8-6-4-2)27-51-39-37(50)35(48)38(31(26-43)53-39)54-40-36(49)34(47)33(46)30(25-42)52-40/h7,9,12-13,28-31,33-40,42-44,46-50H,3-6,8,10-11,14-27H2,1-2H3,(H,41,45)/b9-7-,13-12-. The molecule has 0 aromatic rings. The quantitative estimate of drug-likeness (QED) is 0.0394. The lowest BCUT2D eigenvalue weighted by atomic mass is 9.97. The Labute approximate surface area is 322 Å². The Kier molecular flexibility index (Phi) is 25.9. The first-order valence-electron chi connectivity index (χ1n) is 20.6. The Hall–Kier alpha value is -1.53. The van der Waals surface area contributed by atoms with Crippen LogP contribution in [-0.2, 0) is 23.7 Å². The van der Waals surface area contributed by atoms with E-state index in [1.165, 1.54) is 12.8 Å². The van der Waals surface area contributed by atoms with Gasteiger partial charge in [-0.25, -0.2) is 0 Å². The molecular formula is C40H73NO13. The molecule has 0 radical (unpaired) electrons. The van der Waals surface area contributed by atoms with Crippen LogP contribution in [0.5, 0.6) is 0 Å². The van der Waals surface area contributed by atoms with E-state index in [0.717, 1.165) is 83.5 Å². The minimum absolute atomic E-state index is 0.229.